The molecule has 0 heterocycles. The van der Waals surface area contributed by atoms with Gasteiger partial charge in [0.05, 0.1) is 114 Å². The Kier molecular flexibility index (Phi) is 129. The van der Waals surface area contributed by atoms with Gasteiger partial charge in [0.25, 0.3) is 0 Å². The minimum absolute atomic E-state index is 0. The van der Waals surface area contributed by atoms with Crippen LogP contribution in [0.2, 0.25) is 0 Å². The predicted molar refractivity (Wildman–Crippen MR) is 306 cm³/mol. The van der Waals surface area contributed by atoms with Crippen LogP contribution in [-0.4, -0.2) is 114 Å². The average molecular weight is 1710 g/mol. The molecule has 0 rings (SSSR count). The number of rotatable bonds is 16. The molecule has 64 heavy (non-hydrogen) atoms. The van der Waals surface area contributed by atoms with Gasteiger partial charge in [0, 0.05) is 112 Å². The number of hydrogen-bond acceptors (Lipinski definition) is 32. The van der Waals surface area contributed by atoms with Crippen LogP contribution in [0.5, 0.6) is 0 Å². The average Bonchev–Trinajstić information content (AvgIpc) is 3.19. The van der Waals surface area contributed by atoms with Crippen LogP contribution in [-0.2, 0) is 353 Å². The first-order chi connectivity index (χ1) is 25.0. The molecule has 20 nitrogen and oxygen atoms in total. The Morgan fingerprint density at radius 1 is 0.172 bits per heavy atom. The summed E-state index contributed by atoms with van der Waals surface area (Å²) in [5, 5.41) is 0. The first-order valence-electron chi connectivity index (χ1n) is 12.4. The molecule has 0 bridgehead atoms. The monoisotopic (exact) mass is 1710 g/mol. The Hall–Kier alpha value is 11.0. The Bertz CT molecular complexity index is 648. The van der Waals surface area contributed by atoms with Gasteiger partial charge in [-0.25, -0.2) is 0 Å². The molecule has 0 amide bonds. The van der Waals surface area contributed by atoms with E-state index in [1.54, 1.807) is 0 Å². The molecule has 0 aliphatic carbocycles. The normalized spacial score (nSPS) is 10.5. The molecule has 0 radical (unpaired) electrons. The molecule has 0 atom stereocenters. The molecule has 0 aliphatic rings. The summed E-state index contributed by atoms with van der Waals surface area (Å²) in [5.41, 5.74) is 0. The van der Waals surface area contributed by atoms with Crippen molar-refractivity contribution in [2.24, 2.45) is 0 Å². The van der Waals surface area contributed by atoms with Crippen LogP contribution in [0.25, 0.3) is 24.6 Å². The van der Waals surface area contributed by atoms with Crippen molar-refractivity contribution in [2.45, 2.75) is 0 Å². The summed E-state index contributed by atoms with van der Waals surface area (Å²) in [7, 11) is 23.3. The first kappa shape index (κ1) is 118. The summed E-state index contributed by atoms with van der Waals surface area (Å²) in [6, 6.07) is 0. The van der Waals surface area contributed by atoms with Crippen LogP contribution >= 0.6 is 49.0 Å². The van der Waals surface area contributed by atoms with Crippen LogP contribution in [0.15, 0.2) is 0 Å². The Morgan fingerprint density at radius 2 is 0.203 bits per heavy atom. The Labute approximate surface area is 532 Å². The molecule has 8 N–H and O–H groups in total. The van der Waals surface area contributed by atoms with Crippen molar-refractivity contribution in [1.82, 2.24) is 0 Å². The van der Waals surface area contributed by atoms with E-state index < -0.39 is 49.0 Å². The fourth-order valence-corrected chi connectivity index (χ4v) is 1.79. The van der Waals surface area contributed by atoms with E-state index in [1.807, 2.05) is 0 Å². The Balaban J connectivity index is -0.0000000289. The zero-order chi connectivity index (χ0) is 47.3. The quantitative estimate of drug-likeness (QED) is 0.0788. The fourth-order valence-electron chi connectivity index (χ4n) is 0.596. The minimum Gasteiger partial charge on any atom is -0.693 e. The molecule has 404 valence electrons. The second-order valence-electron chi connectivity index (χ2n) is 6.50. The second kappa shape index (κ2) is 70.1. The van der Waals surface area contributed by atoms with Gasteiger partial charge in [-0.2, -0.15) is 0 Å². The van der Waals surface area contributed by atoms with Gasteiger partial charge in [0.15, 0.2) is 0 Å². The van der Waals surface area contributed by atoms with Crippen LogP contribution in [0.3, 0.4) is 0 Å². The van der Waals surface area contributed by atoms with E-state index in [-0.39, 0.29) is 109 Å². The van der Waals surface area contributed by atoms with E-state index in [9.17, 15) is 0 Å². The van der Waals surface area contributed by atoms with E-state index in [2.05, 4.69) is 268 Å². The molecular weight excluding hydrogens is 1650 g/mol. The van der Waals surface area contributed by atoms with Gasteiger partial charge in [-0.1, -0.05) is 0 Å². The third-order valence-corrected chi connectivity index (χ3v) is 25.0. The molecule has 0 saturated carbocycles. The van der Waals surface area contributed by atoms with Gasteiger partial charge in [0.1, 0.15) is 0 Å². The molecule has 0 aromatic carbocycles. The smallest absolute Gasteiger partial charge is 0.693 e. The van der Waals surface area contributed by atoms with Crippen molar-refractivity contribution in [3.63, 3.8) is 0 Å². The van der Waals surface area contributed by atoms with Crippen molar-refractivity contribution in [3.05, 3.63) is 24.6 Å². The molecule has 48 heteroatoms. The molecule has 0 aromatic rings. The zero-order valence-electron chi connectivity index (χ0n) is 36.6. The third-order valence-electron chi connectivity index (χ3n) is 3.58. The van der Waals surface area contributed by atoms with Crippen molar-refractivity contribution in [3.8, 4) is 0 Å². The summed E-state index contributed by atoms with van der Waals surface area (Å²) >= 11 is 74.0. The molecule has 0 fully saturated rings. The topological polar surface area (TPSA) is 282 Å². The zero-order valence-corrected chi connectivity index (χ0v) is 64.8. The van der Waals surface area contributed by atoms with Crippen molar-refractivity contribution in [2.75, 3.05) is 114 Å². The van der Waals surface area contributed by atoms with Crippen LogP contribution in [0, 0.1) is 0 Å². The van der Waals surface area contributed by atoms with Gasteiger partial charge in [-0.3, -0.25) is 72.4 Å². The van der Waals surface area contributed by atoms with Crippen LogP contribution < -0.4 is 0 Å². The molecular formula is C16H56Mo4N4O16P8S16-8. The van der Waals surface area contributed by atoms with E-state index in [0.717, 1.165) is 0 Å². The molecule has 0 saturated heterocycles. The Morgan fingerprint density at radius 3 is 0.203 bits per heavy atom. The summed E-state index contributed by atoms with van der Waals surface area (Å²) < 4.78 is 73.7. The van der Waals surface area contributed by atoms with Crippen LogP contribution in [0.4, 0.5) is 0 Å². The molecule has 0 unspecified atom stereocenters. The van der Waals surface area contributed by atoms with E-state index in [4.69, 9.17) is 0 Å². The van der Waals surface area contributed by atoms with Gasteiger partial charge in [-0.15, -0.1) is 0 Å². The molecule has 0 spiro atoms. The van der Waals surface area contributed by atoms with Gasteiger partial charge >= 0.3 is 21.1 Å². The summed E-state index contributed by atoms with van der Waals surface area (Å²) in [5.74, 6) is 0. The van der Waals surface area contributed by atoms with Crippen LogP contribution in [0.1, 0.15) is 0 Å². The van der Waals surface area contributed by atoms with Crippen molar-refractivity contribution >= 4 is 245 Å². The molecule has 0 aromatic heterocycles. The van der Waals surface area contributed by atoms with E-state index in [0.29, 0.717) is 0 Å². The maximum atomic E-state index is 4.63. The fraction of sp³-hybridized carbons (Fsp3) is 1.00. The summed E-state index contributed by atoms with van der Waals surface area (Å²) in [4.78, 5) is 0. The van der Waals surface area contributed by atoms with Gasteiger partial charge < -0.3 is 221 Å². The van der Waals surface area contributed by atoms with E-state index in [1.165, 1.54) is 114 Å². The van der Waals surface area contributed by atoms with Crippen molar-refractivity contribution in [1.29, 1.82) is 0 Å². The summed E-state index contributed by atoms with van der Waals surface area (Å²) in [6.07, 6.45) is -17.9. The third kappa shape index (κ3) is 109. The predicted octanol–water partition coefficient (Wildman–Crippen LogP) is 11.3. The first-order valence-corrected chi connectivity index (χ1v) is 41.6. The van der Waals surface area contributed by atoms with Gasteiger partial charge in [-0.05, 0) is 0 Å². The van der Waals surface area contributed by atoms with Gasteiger partial charge in [0.2, 0.25) is 0 Å². The largest absolute Gasteiger partial charge is 4.00 e. The molecule has 0 aliphatic heterocycles. The maximum Gasteiger partial charge on any atom is 4.00 e. The number of nitrogens with two attached hydrogens (primary N) is 4. The second-order valence-corrected chi connectivity index (χ2v) is 48.1. The number of hydrogen-bond donors (Lipinski definition) is 0. The summed E-state index contributed by atoms with van der Waals surface area (Å²) in [6.45, 7) is 0. The minimum atomic E-state index is -2.24. The standard InChI is InChI=1S/8C2H7O2PS2.4Mo.4H2N/c8*1-3-5(6,7)4-2;;;;;;;;/h8*1-2H3,(H,6,7);;;;;4*1H2/q;;;;;;;;;;;+4;4*-1/p-8. The van der Waals surface area contributed by atoms with E-state index >= 15 is 0 Å². The maximum absolute atomic E-state index is 4.63. The van der Waals surface area contributed by atoms with Crippen molar-refractivity contribution < 1.29 is 157 Å². The SMILES string of the molecule is CO[P+]([S-])([S-])OC.CO[P+]([S-])([S-])OC.CO[P+]([S-])([S-])OC.CO[P+]([S-])([S-])OC.CO[P+]([S-])([S-])OC.CO[P+]([S-])([S-])OC.CO[P+]([S-])([S-])OC.CO[P+]([S-])([S-])OC.[Mo+4].[Mo].[Mo].[Mo].[NH2-].[NH2-].[NH2-].[NH2-].